The number of nitrogens with zero attached hydrogens (tertiary/aromatic N) is 2. The smallest absolute Gasteiger partial charge is 0.363 e. The van der Waals surface area contributed by atoms with Gasteiger partial charge in [0.05, 0.1) is 23.8 Å². The number of morpholine rings is 1. The number of benzene rings is 1. The summed E-state index contributed by atoms with van der Waals surface area (Å²) < 4.78 is 11.7. The fourth-order valence-corrected chi connectivity index (χ4v) is 4.28. The molecule has 0 amide bonds. The summed E-state index contributed by atoms with van der Waals surface area (Å²) in [5, 5.41) is 1.18. The van der Waals surface area contributed by atoms with Crippen LogP contribution in [0.15, 0.2) is 47.1 Å². The second-order valence-electron chi connectivity index (χ2n) is 5.59. The molecule has 0 atom stereocenters. The first-order valence-electron chi connectivity index (χ1n) is 7.91. The summed E-state index contributed by atoms with van der Waals surface area (Å²) in [5.41, 5.74) is 1.17. The summed E-state index contributed by atoms with van der Waals surface area (Å²) in [7, 11) is 0. The van der Waals surface area contributed by atoms with E-state index in [4.69, 9.17) is 9.47 Å². The lowest BCUT2D eigenvalue weighted by atomic mass is 10.2. The molecule has 1 aromatic heterocycles. The molecule has 5 nitrogen and oxygen atoms in total. The molecular formula is C18H15IN2O3S. The summed E-state index contributed by atoms with van der Waals surface area (Å²) in [6.07, 6.45) is 1.79. The van der Waals surface area contributed by atoms with Crippen molar-refractivity contribution in [1.82, 2.24) is 0 Å². The number of rotatable bonds is 3. The van der Waals surface area contributed by atoms with E-state index < -0.39 is 5.97 Å². The number of anilines is 1. The maximum Gasteiger partial charge on any atom is 0.363 e. The lowest BCUT2D eigenvalue weighted by Crippen LogP contribution is -2.35. The number of thiophene rings is 1. The average Bonchev–Trinajstić information content (AvgIpc) is 3.24. The van der Waals surface area contributed by atoms with Crippen LogP contribution in [0.3, 0.4) is 0 Å². The van der Waals surface area contributed by atoms with E-state index in [1.807, 2.05) is 30.3 Å². The van der Waals surface area contributed by atoms with Crippen molar-refractivity contribution in [2.24, 2.45) is 4.99 Å². The molecule has 0 bridgehead atoms. The third kappa shape index (κ3) is 3.63. The summed E-state index contributed by atoms with van der Waals surface area (Å²) in [4.78, 5) is 19.8. The predicted molar refractivity (Wildman–Crippen MR) is 107 cm³/mol. The van der Waals surface area contributed by atoms with Gasteiger partial charge < -0.3 is 14.4 Å². The maximum absolute atomic E-state index is 12.2. The maximum atomic E-state index is 12.2. The first-order chi connectivity index (χ1) is 12.2. The first-order valence-corrected chi connectivity index (χ1v) is 9.80. The molecule has 128 valence electrons. The van der Waals surface area contributed by atoms with Crippen LogP contribution in [0.4, 0.5) is 5.00 Å². The number of hydrogen-bond acceptors (Lipinski definition) is 6. The summed E-state index contributed by atoms with van der Waals surface area (Å²) in [6.45, 7) is 3.30. The molecule has 7 heteroatoms. The van der Waals surface area contributed by atoms with Crippen LogP contribution in [-0.2, 0) is 14.3 Å². The fourth-order valence-electron chi connectivity index (χ4n) is 2.67. The van der Waals surface area contributed by atoms with Crippen LogP contribution in [0.5, 0.6) is 0 Å². The lowest BCUT2D eigenvalue weighted by molar-refractivity contribution is -0.129. The molecule has 2 aliphatic heterocycles. The van der Waals surface area contributed by atoms with E-state index in [-0.39, 0.29) is 0 Å². The Bertz CT molecular complexity index is 869. The highest BCUT2D eigenvalue weighted by Gasteiger charge is 2.25. The van der Waals surface area contributed by atoms with Crippen LogP contribution >= 0.6 is 33.9 Å². The summed E-state index contributed by atoms with van der Waals surface area (Å²) >= 11 is 3.85. The van der Waals surface area contributed by atoms with Gasteiger partial charge in [0, 0.05) is 21.5 Å². The zero-order valence-electron chi connectivity index (χ0n) is 13.3. The zero-order chi connectivity index (χ0) is 17.2. The average molecular weight is 466 g/mol. The van der Waals surface area contributed by atoms with E-state index in [2.05, 4.69) is 38.5 Å². The van der Waals surface area contributed by atoms with E-state index in [1.54, 1.807) is 17.4 Å². The SMILES string of the molecule is O=C1OC(c2ccccc2I)=N/C1=C/c1ccc(N2CCOCC2)s1. The van der Waals surface area contributed by atoms with Gasteiger partial charge in [0.2, 0.25) is 5.90 Å². The minimum absolute atomic E-state index is 0.338. The van der Waals surface area contributed by atoms with Crippen LogP contribution in [0.2, 0.25) is 0 Å². The van der Waals surface area contributed by atoms with Crippen molar-refractivity contribution in [3.05, 3.63) is 56.1 Å². The monoisotopic (exact) mass is 466 g/mol. The molecule has 1 fully saturated rings. The van der Waals surface area contributed by atoms with Crippen LogP contribution in [0.25, 0.3) is 6.08 Å². The Hall–Kier alpha value is -1.71. The van der Waals surface area contributed by atoms with Gasteiger partial charge >= 0.3 is 5.97 Å². The number of carbonyl (C=O) groups is 1. The second-order valence-corrected chi connectivity index (χ2v) is 7.85. The van der Waals surface area contributed by atoms with Gasteiger partial charge in [0.15, 0.2) is 5.70 Å². The molecule has 0 N–H and O–H groups in total. The van der Waals surface area contributed by atoms with Crippen LogP contribution < -0.4 is 4.90 Å². The number of ether oxygens (including phenoxy) is 2. The Morgan fingerprint density at radius 1 is 1.16 bits per heavy atom. The van der Waals surface area contributed by atoms with E-state index >= 15 is 0 Å². The number of esters is 1. The van der Waals surface area contributed by atoms with E-state index in [0.717, 1.165) is 40.3 Å². The van der Waals surface area contributed by atoms with E-state index in [0.29, 0.717) is 11.6 Å². The van der Waals surface area contributed by atoms with Gasteiger partial charge in [-0.05, 0) is 52.9 Å². The molecule has 2 aromatic rings. The third-order valence-corrected chi connectivity index (χ3v) is 5.97. The number of halogens is 1. The van der Waals surface area contributed by atoms with Crippen molar-refractivity contribution in [2.75, 3.05) is 31.2 Å². The van der Waals surface area contributed by atoms with Gasteiger partial charge in [0.1, 0.15) is 0 Å². The molecular weight excluding hydrogens is 451 g/mol. The molecule has 0 saturated carbocycles. The van der Waals surface area contributed by atoms with Gasteiger partial charge in [-0.15, -0.1) is 11.3 Å². The van der Waals surface area contributed by atoms with Gasteiger partial charge in [-0.3, -0.25) is 0 Å². The summed E-state index contributed by atoms with van der Waals surface area (Å²) in [6, 6.07) is 11.8. The highest BCUT2D eigenvalue weighted by atomic mass is 127. The third-order valence-electron chi connectivity index (χ3n) is 3.94. The highest BCUT2D eigenvalue weighted by Crippen LogP contribution is 2.30. The molecule has 2 aliphatic rings. The Labute approximate surface area is 163 Å². The van der Waals surface area contributed by atoms with Crippen LogP contribution in [-0.4, -0.2) is 38.2 Å². The number of hydrogen-bond donors (Lipinski definition) is 0. The standard InChI is InChI=1S/C18H15IN2O3S/c19-14-4-2-1-3-13(14)17-20-15(18(22)24-17)11-12-5-6-16(25-12)21-7-9-23-10-8-21/h1-6,11H,7-10H2/b15-11+. The van der Waals surface area contributed by atoms with Crippen molar-refractivity contribution < 1.29 is 14.3 Å². The number of carbonyl (C=O) groups excluding carboxylic acids is 1. The lowest BCUT2D eigenvalue weighted by Gasteiger charge is -2.27. The number of aliphatic imine (C=N–C) groups is 1. The molecule has 0 spiro atoms. The Kier molecular flexibility index (Phi) is 4.87. The first kappa shape index (κ1) is 16.7. The van der Waals surface area contributed by atoms with Gasteiger partial charge in [-0.1, -0.05) is 12.1 Å². The molecule has 0 radical (unpaired) electrons. The molecule has 1 aromatic carbocycles. The topological polar surface area (TPSA) is 51.1 Å². The highest BCUT2D eigenvalue weighted by molar-refractivity contribution is 14.1. The zero-order valence-corrected chi connectivity index (χ0v) is 16.2. The van der Waals surface area contributed by atoms with E-state index in [1.165, 1.54) is 5.00 Å². The van der Waals surface area contributed by atoms with Gasteiger partial charge in [-0.25, -0.2) is 9.79 Å². The Morgan fingerprint density at radius 3 is 2.76 bits per heavy atom. The molecule has 0 unspecified atom stereocenters. The van der Waals surface area contributed by atoms with Gasteiger partial charge in [-0.2, -0.15) is 0 Å². The molecule has 0 aliphatic carbocycles. The largest absolute Gasteiger partial charge is 0.402 e. The summed E-state index contributed by atoms with van der Waals surface area (Å²) in [5.74, 6) is -0.0396. The second kappa shape index (κ2) is 7.27. The van der Waals surface area contributed by atoms with Crippen molar-refractivity contribution in [2.45, 2.75) is 0 Å². The molecule has 4 rings (SSSR count). The van der Waals surface area contributed by atoms with Crippen molar-refractivity contribution in [3.63, 3.8) is 0 Å². The minimum Gasteiger partial charge on any atom is -0.402 e. The van der Waals surface area contributed by atoms with Crippen LogP contribution in [0.1, 0.15) is 10.4 Å². The molecule has 1 saturated heterocycles. The Balaban J connectivity index is 1.58. The van der Waals surface area contributed by atoms with E-state index in [9.17, 15) is 4.79 Å². The van der Waals surface area contributed by atoms with Crippen molar-refractivity contribution in [3.8, 4) is 0 Å². The predicted octanol–water partition coefficient (Wildman–Crippen LogP) is 3.53. The quantitative estimate of drug-likeness (QED) is 0.395. The molecule has 3 heterocycles. The van der Waals surface area contributed by atoms with Crippen molar-refractivity contribution >= 4 is 56.9 Å². The molecule has 25 heavy (non-hydrogen) atoms. The number of cyclic esters (lactones) is 1. The van der Waals surface area contributed by atoms with Crippen molar-refractivity contribution in [1.29, 1.82) is 0 Å². The Morgan fingerprint density at radius 2 is 1.96 bits per heavy atom. The van der Waals surface area contributed by atoms with Crippen LogP contribution in [0, 0.1) is 3.57 Å². The minimum atomic E-state index is -0.407. The normalized spacial score (nSPS) is 19.2. The van der Waals surface area contributed by atoms with Gasteiger partial charge in [0.25, 0.3) is 0 Å². The fraction of sp³-hybridized carbons (Fsp3) is 0.222.